The number of rotatable bonds is 7. The molecular weight excluding hydrogens is 805 g/mol. The Bertz CT molecular complexity index is 2590. The highest BCUT2D eigenvalue weighted by Crippen LogP contribution is 2.51. The molecule has 0 heterocycles. The van der Waals surface area contributed by atoms with E-state index in [0.29, 0.717) is 41.3 Å². The number of hydrogen-bond acceptors (Lipinski definition) is 11. The van der Waals surface area contributed by atoms with Crippen LogP contribution in [0.5, 0.6) is 23.0 Å². The summed E-state index contributed by atoms with van der Waals surface area (Å²) in [5.74, 6) is -4.61. The zero-order valence-electron chi connectivity index (χ0n) is 28.6. The lowest BCUT2D eigenvalue weighted by molar-refractivity contribution is -0.0978. The van der Waals surface area contributed by atoms with Crippen molar-refractivity contribution in [2.24, 2.45) is 0 Å². The zero-order chi connectivity index (χ0) is 41.1. The number of alkyl halides is 5. The van der Waals surface area contributed by atoms with Crippen molar-refractivity contribution in [1.82, 2.24) is 0 Å². The van der Waals surface area contributed by atoms with Gasteiger partial charge in [-0.1, -0.05) is 6.07 Å². The SMILES string of the molecule is CS(=O)(=O)c1cccc(Oc2ccc(S(=O)(=O)C(F)(F)F)c3c2CC(F)(F)[C@H]3O)c1.Cc1cc(Oc2cc(F)cc(C#N)c2)c2c(c1S(C)(=O)=O)C(O)CC2. The standard InChI is InChI=1S/C18H16FNO4S.C17H13F5O6S2/c1-10-5-16(24-13-7-11(9-20)6-12(19)8-13)14-3-4-15(21)17(14)18(10)25(2,22)23;1-29(24,25)10-4-2-3-9(7-10)28-12-5-6-13(30(26,27)17(20,21)22)14-11(12)8-16(18,19)15(14)23/h5-8,15,21H,3-4H2,1-2H3;2-7,15,23H,8H2,1H3/t;15-/m.0/s1. The van der Waals surface area contributed by atoms with E-state index < -0.39 is 87.2 Å². The number of aryl methyl sites for hydroxylation is 1. The number of ether oxygens (including phenoxy) is 2. The monoisotopic (exact) mass is 833 g/mol. The summed E-state index contributed by atoms with van der Waals surface area (Å²) in [5.41, 5.74) is -5.97. The molecule has 0 saturated heterocycles. The first kappa shape index (κ1) is 41.5. The molecule has 0 spiro atoms. The Balaban J connectivity index is 0.000000214. The summed E-state index contributed by atoms with van der Waals surface area (Å²) < 4.78 is 163. The number of nitriles is 1. The third kappa shape index (κ3) is 8.30. The molecule has 11 nitrogen and oxygen atoms in total. The van der Waals surface area contributed by atoms with E-state index in [9.17, 15) is 61.8 Å². The molecule has 4 aromatic rings. The van der Waals surface area contributed by atoms with Crippen LogP contribution in [-0.4, -0.2) is 59.4 Å². The van der Waals surface area contributed by atoms with Crippen LogP contribution in [0.3, 0.4) is 0 Å². The third-order valence-corrected chi connectivity index (χ3v) is 12.5. The number of fused-ring (bicyclic) bond motifs is 2. The molecule has 0 saturated carbocycles. The molecule has 2 aliphatic carbocycles. The largest absolute Gasteiger partial charge is 0.501 e. The van der Waals surface area contributed by atoms with Gasteiger partial charge in [0.2, 0.25) is 0 Å². The zero-order valence-corrected chi connectivity index (χ0v) is 31.1. The minimum Gasteiger partial charge on any atom is -0.457 e. The number of nitrogens with zero attached hydrogens (tertiary/aromatic N) is 1. The molecule has 0 aromatic heterocycles. The maximum absolute atomic E-state index is 14.1. The van der Waals surface area contributed by atoms with Crippen LogP contribution in [0.1, 0.15) is 52.0 Å². The first-order valence-electron chi connectivity index (χ1n) is 15.7. The Morgan fingerprint density at radius 2 is 1.49 bits per heavy atom. The number of aliphatic hydroxyl groups excluding tert-OH is 2. The quantitative estimate of drug-likeness (QED) is 0.192. The van der Waals surface area contributed by atoms with Crippen LogP contribution in [-0.2, 0) is 42.4 Å². The summed E-state index contributed by atoms with van der Waals surface area (Å²) in [7, 11) is -13.2. The first-order chi connectivity index (χ1) is 25.3. The van der Waals surface area contributed by atoms with E-state index in [-0.39, 0.29) is 26.9 Å². The summed E-state index contributed by atoms with van der Waals surface area (Å²) in [6, 6.07) is 13.1. The van der Waals surface area contributed by atoms with E-state index in [1.54, 1.807) is 13.0 Å². The van der Waals surface area contributed by atoms with Gasteiger partial charge in [-0.2, -0.15) is 18.4 Å². The average molecular weight is 834 g/mol. The van der Waals surface area contributed by atoms with Gasteiger partial charge in [0.1, 0.15) is 34.9 Å². The predicted octanol–water partition coefficient (Wildman–Crippen LogP) is 6.58. The Hall–Kier alpha value is -4.68. The molecule has 2 atom stereocenters. The van der Waals surface area contributed by atoms with Crippen molar-refractivity contribution in [2.75, 3.05) is 12.5 Å². The number of benzene rings is 4. The number of hydrogen-bond donors (Lipinski definition) is 2. The number of aliphatic hydroxyl groups is 2. The topological polar surface area (TPSA) is 185 Å². The Morgan fingerprint density at radius 3 is 2.09 bits per heavy atom. The van der Waals surface area contributed by atoms with Crippen LogP contribution in [0.15, 0.2) is 75.4 Å². The molecule has 2 N–H and O–H groups in total. The Morgan fingerprint density at radius 1 is 0.836 bits per heavy atom. The highest BCUT2D eigenvalue weighted by Gasteiger charge is 2.55. The van der Waals surface area contributed by atoms with Crippen molar-refractivity contribution in [3.05, 3.63) is 99.9 Å². The van der Waals surface area contributed by atoms with Crippen molar-refractivity contribution in [3.8, 4) is 29.1 Å². The molecule has 55 heavy (non-hydrogen) atoms. The van der Waals surface area contributed by atoms with Gasteiger partial charge in [0, 0.05) is 47.3 Å². The van der Waals surface area contributed by atoms with Gasteiger partial charge in [-0.15, -0.1) is 0 Å². The van der Waals surface area contributed by atoms with Gasteiger partial charge in [0.05, 0.1) is 32.4 Å². The second-order valence-corrected chi connectivity index (χ2v) is 18.6. The molecule has 294 valence electrons. The van der Waals surface area contributed by atoms with Gasteiger partial charge in [0.15, 0.2) is 19.7 Å². The molecule has 1 unspecified atom stereocenters. The van der Waals surface area contributed by atoms with Crippen molar-refractivity contribution in [1.29, 1.82) is 5.26 Å². The summed E-state index contributed by atoms with van der Waals surface area (Å²) in [4.78, 5) is -1.54. The van der Waals surface area contributed by atoms with Gasteiger partial charge < -0.3 is 19.7 Å². The molecule has 0 radical (unpaired) electrons. The molecular formula is C35H29F6NO10S3. The molecule has 0 fully saturated rings. The minimum atomic E-state index is -6.03. The van der Waals surface area contributed by atoms with E-state index >= 15 is 0 Å². The van der Waals surface area contributed by atoms with E-state index in [1.807, 2.05) is 6.07 Å². The predicted molar refractivity (Wildman–Crippen MR) is 182 cm³/mol. The van der Waals surface area contributed by atoms with E-state index in [4.69, 9.17) is 14.7 Å². The fourth-order valence-corrected chi connectivity index (χ4v) is 9.24. The Kier molecular flexibility index (Phi) is 10.9. The lowest BCUT2D eigenvalue weighted by atomic mass is 10.0. The molecule has 0 amide bonds. The van der Waals surface area contributed by atoms with Crippen molar-refractivity contribution < 1.29 is 71.3 Å². The fraction of sp³-hybridized carbons (Fsp3) is 0.286. The highest BCUT2D eigenvalue weighted by atomic mass is 32.2. The second-order valence-electron chi connectivity index (χ2n) is 12.7. The lowest BCUT2D eigenvalue weighted by Crippen LogP contribution is -2.26. The first-order valence-corrected chi connectivity index (χ1v) is 21.0. The highest BCUT2D eigenvalue weighted by molar-refractivity contribution is 7.92. The lowest BCUT2D eigenvalue weighted by Gasteiger charge is -2.17. The van der Waals surface area contributed by atoms with Gasteiger partial charge in [-0.3, -0.25) is 0 Å². The smallest absolute Gasteiger partial charge is 0.457 e. The molecule has 4 aromatic carbocycles. The van der Waals surface area contributed by atoms with Gasteiger partial charge in [-0.05, 0) is 73.9 Å². The fourth-order valence-electron chi connectivity index (χ4n) is 6.26. The molecule has 6 rings (SSSR count). The number of sulfone groups is 3. The van der Waals surface area contributed by atoms with Crippen LogP contribution in [0.4, 0.5) is 26.3 Å². The second kappa shape index (κ2) is 14.4. The maximum atomic E-state index is 14.1. The summed E-state index contributed by atoms with van der Waals surface area (Å²) in [6.07, 6.45) is -2.09. The maximum Gasteiger partial charge on any atom is 0.501 e. The molecule has 0 bridgehead atoms. The normalized spacial score (nSPS) is 17.7. The molecule has 0 aliphatic heterocycles. The van der Waals surface area contributed by atoms with Gasteiger partial charge >= 0.3 is 5.51 Å². The average Bonchev–Trinajstić information content (AvgIpc) is 3.55. The van der Waals surface area contributed by atoms with E-state index in [1.165, 1.54) is 24.3 Å². The third-order valence-electron chi connectivity index (χ3n) is 8.59. The van der Waals surface area contributed by atoms with E-state index in [2.05, 4.69) is 0 Å². The summed E-state index contributed by atoms with van der Waals surface area (Å²) in [5, 5.41) is 29.0. The van der Waals surface area contributed by atoms with Crippen LogP contribution in [0, 0.1) is 24.1 Å². The molecule has 2 aliphatic rings. The van der Waals surface area contributed by atoms with Gasteiger partial charge in [0.25, 0.3) is 15.8 Å². The van der Waals surface area contributed by atoms with Gasteiger partial charge in [-0.25, -0.2) is 38.4 Å². The van der Waals surface area contributed by atoms with Crippen LogP contribution in [0.25, 0.3) is 0 Å². The van der Waals surface area contributed by atoms with Crippen LogP contribution in [0.2, 0.25) is 0 Å². The van der Waals surface area contributed by atoms with Crippen LogP contribution >= 0.6 is 0 Å². The minimum absolute atomic E-state index is 0.121. The summed E-state index contributed by atoms with van der Waals surface area (Å²) >= 11 is 0. The van der Waals surface area contributed by atoms with Crippen molar-refractivity contribution in [2.45, 2.75) is 64.5 Å². The van der Waals surface area contributed by atoms with E-state index in [0.717, 1.165) is 36.8 Å². The van der Waals surface area contributed by atoms with Crippen LogP contribution < -0.4 is 9.47 Å². The number of halogens is 6. The molecule has 20 heteroatoms. The summed E-state index contributed by atoms with van der Waals surface area (Å²) in [6.45, 7) is 1.63. The van der Waals surface area contributed by atoms with Crippen molar-refractivity contribution in [3.63, 3.8) is 0 Å². The Labute approximate surface area is 311 Å². The van der Waals surface area contributed by atoms with Crippen molar-refractivity contribution >= 4 is 29.5 Å².